The average molecular weight is 294 g/mol. The van der Waals surface area contributed by atoms with Crippen molar-refractivity contribution in [3.63, 3.8) is 0 Å². The van der Waals surface area contributed by atoms with E-state index in [0.29, 0.717) is 13.1 Å². The number of alkyl halides is 3. The molecular weight excluding hydrogens is 285 g/mol. The first-order valence-electron chi connectivity index (χ1n) is 5.19. The molecule has 0 aromatic heterocycles. The van der Waals surface area contributed by atoms with Crippen LogP contribution in [0.3, 0.4) is 0 Å². The van der Waals surface area contributed by atoms with Crippen molar-refractivity contribution < 1.29 is 26.4 Å². The molecule has 1 aliphatic heterocycles. The van der Waals surface area contributed by atoms with E-state index >= 15 is 0 Å². The third kappa shape index (κ3) is 3.04. The fourth-order valence-corrected chi connectivity index (χ4v) is 2.68. The van der Waals surface area contributed by atoms with Gasteiger partial charge in [-0.1, -0.05) is 0 Å². The number of amides is 1. The van der Waals surface area contributed by atoms with Gasteiger partial charge in [-0.2, -0.15) is 17.5 Å². The molecule has 19 heavy (non-hydrogen) atoms. The minimum atomic E-state index is -4.98. The second kappa shape index (κ2) is 4.49. The van der Waals surface area contributed by atoms with Gasteiger partial charge in [-0.3, -0.25) is 4.79 Å². The quantitative estimate of drug-likeness (QED) is 0.852. The molecule has 9 heteroatoms. The Kier molecular flexibility index (Phi) is 3.27. The maximum atomic E-state index is 12.0. The van der Waals surface area contributed by atoms with Crippen molar-refractivity contribution in [3.8, 4) is 0 Å². The van der Waals surface area contributed by atoms with Crippen LogP contribution in [0.4, 0.5) is 18.9 Å². The number of rotatable bonds is 3. The lowest BCUT2D eigenvalue weighted by Crippen LogP contribution is -2.29. The van der Waals surface area contributed by atoms with Gasteiger partial charge in [-0.25, -0.2) is 8.42 Å². The zero-order valence-electron chi connectivity index (χ0n) is 9.44. The van der Waals surface area contributed by atoms with Crippen molar-refractivity contribution in [2.24, 2.45) is 0 Å². The van der Waals surface area contributed by atoms with Crippen LogP contribution in [0.2, 0.25) is 0 Å². The van der Waals surface area contributed by atoms with E-state index < -0.39 is 22.1 Å². The minimum Gasteiger partial charge on any atom is -0.318 e. The number of carbonyl (C=O) groups is 1. The van der Waals surface area contributed by atoms with Crippen molar-refractivity contribution in [1.82, 2.24) is 4.31 Å². The smallest absolute Gasteiger partial charge is 0.318 e. The Labute approximate surface area is 107 Å². The molecule has 0 spiro atoms. The second-order valence-corrected chi connectivity index (χ2v) is 5.82. The van der Waals surface area contributed by atoms with Crippen LogP contribution in [0.15, 0.2) is 29.2 Å². The molecule has 5 nitrogen and oxygen atoms in total. The van der Waals surface area contributed by atoms with E-state index in [4.69, 9.17) is 0 Å². The number of nitrogens with one attached hydrogen (secondary N) is 1. The SMILES string of the molecule is O=C(Nc1ccc(S(=O)(=O)N2CC2)cc1)C(F)(F)F. The number of sulfonamides is 1. The van der Waals surface area contributed by atoms with Crippen LogP contribution >= 0.6 is 0 Å². The van der Waals surface area contributed by atoms with Gasteiger partial charge < -0.3 is 5.32 Å². The summed E-state index contributed by atoms with van der Waals surface area (Å²) in [7, 11) is -3.54. The van der Waals surface area contributed by atoms with Crippen molar-refractivity contribution in [1.29, 1.82) is 0 Å². The Morgan fingerprint density at radius 1 is 1.16 bits per heavy atom. The third-order valence-corrected chi connectivity index (χ3v) is 4.33. The van der Waals surface area contributed by atoms with Crippen molar-refractivity contribution in [2.45, 2.75) is 11.1 Å². The Balaban J connectivity index is 2.13. The number of carbonyl (C=O) groups excluding carboxylic acids is 1. The number of nitrogens with zero attached hydrogens (tertiary/aromatic N) is 1. The molecular formula is C10H9F3N2O3S. The average Bonchev–Trinajstić information content (AvgIpc) is 3.12. The maximum absolute atomic E-state index is 12.0. The topological polar surface area (TPSA) is 66.2 Å². The Morgan fingerprint density at radius 3 is 2.11 bits per heavy atom. The summed E-state index contributed by atoms with van der Waals surface area (Å²) in [6, 6.07) is 4.53. The highest BCUT2D eigenvalue weighted by Gasteiger charge is 2.38. The maximum Gasteiger partial charge on any atom is 0.471 e. The molecule has 1 fully saturated rings. The Morgan fingerprint density at radius 2 is 1.68 bits per heavy atom. The molecule has 1 aromatic carbocycles. The van der Waals surface area contributed by atoms with Gasteiger partial charge in [-0.15, -0.1) is 0 Å². The summed E-state index contributed by atoms with van der Waals surface area (Å²) in [5, 5.41) is 1.63. The van der Waals surface area contributed by atoms with Gasteiger partial charge >= 0.3 is 12.1 Å². The lowest BCUT2D eigenvalue weighted by molar-refractivity contribution is -0.167. The molecule has 2 rings (SSSR count). The highest BCUT2D eigenvalue weighted by Crippen LogP contribution is 2.24. The monoisotopic (exact) mass is 294 g/mol. The van der Waals surface area contributed by atoms with Crippen molar-refractivity contribution in [2.75, 3.05) is 18.4 Å². The number of hydrogen-bond acceptors (Lipinski definition) is 3. The van der Waals surface area contributed by atoms with E-state index in [1.807, 2.05) is 0 Å². The van der Waals surface area contributed by atoms with Gasteiger partial charge in [0.15, 0.2) is 0 Å². The zero-order valence-corrected chi connectivity index (χ0v) is 10.3. The molecule has 0 unspecified atom stereocenters. The van der Waals surface area contributed by atoms with Gasteiger partial charge in [0, 0.05) is 18.8 Å². The molecule has 104 valence electrons. The predicted molar refractivity (Wildman–Crippen MR) is 59.9 cm³/mol. The summed E-state index contributed by atoms with van der Waals surface area (Å²) in [6.07, 6.45) is -4.98. The number of benzene rings is 1. The summed E-state index contributed by atoms with van der Waals surface area (Å²) < 4.78 is 60.7. The molecule has 0 atom stereocenters. The molecule has 1 N–H and O–H groups in total. The van der Waals surface area contributed by atoms with E-state index in [2.05, 4.69) is 0 Å². The molecule has 1 aliphatic rings. The highest BCUT2D eigenvalue weighted by molar-refractivity contribution is 7.89. The lowest BCUT2D eigenvalue weighted by atomic mass is 10.3. The normalized spacial score (nSPS) is 16.2. The first-order chi connectivity index (χ1) is 8.71. The standard InChI is InChI=1S/C10H9F3N2O3S/c11-10(12,13)9(16)14-7-1-3-8(4-2-7)19(17,18)15-5-6-15/h1-4H,5-6H2,(H,14,16). The van der Waals surface area contributed by atoms with Crippen LogP contribution < -0.4 is 5.32 Å². The Hall–Kier alpha value is -1.61. The first kappa shape index (κ1) is 13.8. The summed E-state index contributed by atoms with van der Waals surface area (Å²) in [5.41, 5.74) is -0.118. The molecule has 0 aliphatic carbocycles. The molecule has 1 saturated heterocycles. The molecule has 1 amide bonds. The van der Waals surface area contributed by atoms with E-state index in [1.165, 1.54) is 4.31 Å². The van der Waals surface area contributed by atoms with Gasteiger partial charge in [-0.05, 0) is 24.3 Å². The third-order valence-electron chi connectivity index (χ3n) is 2.41. The molecule has 0 saturated carbocycles. The summed E-state index contributed by atoms with van der Waals surface area (Å²) >= 11 is 0. The zero-order chi connectivity index (χ0) is 14.3. The number of anilines is 1. The van der Waals surface area contributed by atoms with Gasteiger partial charge in [0.1, 0.15) is 0 Å². The molecule has 0 bridgehead atoms. The highest BCUT2D eigenvalue weighted by atomic mass is 32.2. The van der Waals surface area contributed by atoms with Crippen LogP contribution in [0, 0.1) is 0 Å². The molecule has 1 aromatic rings. The fraction of sp³-hybridized carbons (Fsp3) is 0.300. The van der Waals surface area contributed by atoms with E-state index in [0.717, 1.165) is 24.3 Å². The van der Waals surface area contributed by atoms with Crippen molar-refractivity contribution in [3.05, 3.63) is 24.3 Å². The first-order valence-corrected chi connectivity index (χ1v) is 6.63. The minimum absolute atomic E-state index is 0.0185. The summed E-state index contributed by atoms with van der Waals surface area (Å²) in [5.74, 6) is -2.10. The van der Waals surface area contributed by atoms with Gasteiger partial charge in [0.05, 0.1) is 4.90 Å². The van der Waals surface area contributed by atoms with Gasteiger partial charge in [0.2, 0.25) is 10.0 Å². The van der Waals surface area contributed by atoms with Gasteiger partial charge in [0.25, 0.3) is 0 Å². The van der Waals surface area contributed by atoms with Crippen molar-refractivity contribution >= 4 is 21.6 Å². The Bertz CT molecular complexity index is 591. The van der Waals surface area contributed by atoms with E-state index in [-0.39, 0.29) is 10.6 Å². The van der Waals surface area contributed by atoms with Crippen LogP contribution in [0.5, 0.6) is 0 Å². The number of halogens is 3. The lowest BCUT2D eigenvalue weighted by Gasteiger charge is -2.09. The largest absolute Gasteiger partial charge is 0.471 e. The summed E-state index contributed by atoms with van der Waals surface area (Å²) in [6.45, 7) is 0.879. The number of hydrogen-bond donors (Lipinski definition) is 1. The van der Waals surface area contributed by atoms with Crippen LogP contribution in [0.25, 0.3) is 0 Å². The predicted octanol–water partition coefficient (Wildman–Crippen LogP) is 1.19. The van der Waals surface area contributed by atoms with Crippen LogP contribution in [-0.2, 0) is 14.8 Å². The van der Waals surface area contributed by atoms with E-state index in [9.17, 15) is 26.4 Å². The van der Waals surface area contributed by atoms with E-state index in [1.54, 1.807) is 5.32 Å². The van der Waals surface area contributed by atoms with Crippen LogP contribution in [0.1, 0.15) is 0 Å². The van der Waals surface area contributed by atoms with Crippen LogP contribution in [-0.4, -0.2) is 37.9 Å². The molecule has 0 radical (unpaired) electrons. The summed E-state index contributed by atoms with van der Waals surface area (Å²) in [4.78, 5) is 10.7. The fourth-order valence-electron chi connectivity index (χ4n) is 1.34. The second-order valence-electron chi connectivity index (χ2n) is 3.88. The molecule has 1 heterocycles.